The molecule has 2 N–H and O–H groups in total. The van der Waals surface area contributed by atoms with Crippen molar-refractivity contribution in [2.45, 2.75) is 24.8 Å². The summed E-state index contributed by atoms with van der Waals surface area (Å²) in [6, 6.07) is 20.2. The number of rotatable bonds is 2. The van der Waals surface area contributed by atoms with Crippen molar-refractivity contribution in [1.29, 1.82) is 0 Å². The average Bonchev–Trinajstić information content (AvgIpc) is 3.28. The van der Waals surface area contributed by atoms with Crippen LogP contribution in [0.25, 0.3) is 11.0 Å². The van der Waals surface area contributed by atoms with Crippen molar-refractivity contribution in [1.82, 2.24) is 0 Å². The Morgan fingerprint density at radius 3 is 2.56 bits per heavy atom. The van der Waals surface area contributed by atoms with Crippen molar-refractivity contribution in [3.8, 4) is 0 Å². The minimum absolute atomic E-state index is 0.0678. The van der Waals surface area contributed by atoms with E-state index in [0.717, 1.165) is 23.5 Å². The van der Waals surface area contributed by atoms with Crippen LogP contribution < -0.4 is 16.1 Å². The molecule has 158 valence electrons. The highest BCUT2D eigenvalue weighted by Gasteiger charge is 2.37. The molecule has 0 saturated carbocycles. The van der Waals surface area contributed by atoms with Gasteiger partial charge in [-0.05, 0) is 42.1 Å². The summed E-state index contributed by atoms with van der Waals surface area (Å²) in [6.45, 7) is 0. The first-order valence-corrected chi connectivity index (χ1v) is 11.5. The van der Waals surface area contributed by atoms with Gasteiger partial charge in [-0.25, -0.2) is 0 Å². The van der Waals surface area contributed by atoms with Gasteiger partial charge in [0.1, 0.15) is 17.4 Å². The molecule has 5 nitrogen and oxygen atoms in total. The monoisotopic (exact) mass is 440 g/mol. The summed E-state index contributed by atoms with van der Waals surface area (Å²) in [7, 11) is 0. The first-order valence-electron chi connectivity index (χ1n) is 10.6. The maximum Gasteiger partial charge on any atom is 0.193 e. The van der Waals surface area contributed by atoms with E-state index in [0.29, 0.717) is 28.7 Å². The second-order valence-electron chi connectivity index (χ2n) is 8.19. The van der Waals surface area contributed by atoms with E-state index in [1.807, 2.05) is 47.8 Å². The summed E-state index contributed by atoms with van der Waals surface area (Å²) < 4.78 is 6.17. The van der Waals surface area contributed by atoms with Gasteiger partial charge < -0.3 is 15.1 Å². The molecule has 0 amide bonds. The van der Waals surface area contributed by atoms with Gasteiger partial charge in [0, 0.05) is 34.6 Å². The van der Waals surface area contributed by atoms with E-state index in [-0.39, 0.29) is 17.1 Å². The van der Waals surface area contributed by atoms with E-state index in [9.17, 15) is 9.59 Å². The second-order valence-corrected chi connectivity index (χ2v) is 9.17. The molecule has 0 bridgehead atoms. The maximum absolute atomic E-state index is 13.5. The van der Waals surface area contributed by atoms with E-state index >= 15 is 0 Å². The normalized spacial score (nSPS) is 20.2. The lowest BCUT2D eigenvalue weighted by Gasteiger charge is -2.28. The van der Waals surface area contributed by atoms with Crippen LogP contribution in [-0.2, 0) is 4.79 Å². The third kappa shape index (κ3) is 3.15. The van der Waals surface area contributed by atoms with Gasteiger partial charge in [-0.2, -0.15) is 0 Å². The number of carbonyl (C=O) groups is 1. The molecule has 2 aromatic carbocycles. The molecule has 4 aromatic rings. The van der Waals surface area contributed by atoms with Crippen molar-refractivity contribution >= 4 is 39.5 Å². The number of hydrogen-bond acceptors (Lipinski definition) is 6. The highest BCUT2D eigenvalue weighted by atomic mass is 32.1. The Bertz CT molecular complexity index is 1430. The summed E-state index contributed by atoms with van der Waals surface area (Å²) in [4.78, 5) is 27.6. The molecule has 3 heterocycles. The number of carbonyl (C=O) groups excluding carboxylic acids is 1. The number of thiophene rings is 1. The van der Waals surface area contributed by atoms with Crippen molar-refractivity contribution in [2.75, 3.05) is 10.6 Å². The van der Waals surface area contributed by atoms with E-state index in [4.69, 9.17) is 4.42 Å². The zero-order chi connectivity index (χ0) is 21.7. The Balaban J connectivity index is 1.53. The minimum Gasteiger partial charge on any atom is -0.458 e. The zero-order valence-electron chi connectivity index (χ0n) is 17.1. The van der Waals surface area contributed by atoms with Gasteiger partial charge in [0.25, 0.3) is 0 Å². The van der Waals surface area contributed by atoms with Crippen LogP contribution in [-0.4, -0.2) is 5.78 Å². The lowest BCUT2D eigenvalue weighted by atomic mass is 9.82. The lowest BCUT2D eigenvalue weighted by molar-refractivity contribution is -0.116. The van der Waals surface area contributed by atoms with E-state index in [1.165, 1.54) is 10.9 Å². The molecule has 0 fully saturated rings. The molecule has 1 aliphatic heterocycles. The summed E-state index contributed by atoms with van der Waals surface area (Å²) in [5, 5.41) is 9.57. The van der Waals surface area contributed by atoms with Gasteiger partial charge in [-0.3, -0.25) is 9.59 Å². The van der Waals surface area contributed by atoms with Gasteiger partial charge in [-0.1, -0.05) is 30.3 Å². The highest BCUT2D eigenvalue weighted by Crippen LogP contribution is 2.44. The number of nitrogens with one attached hydrogen (secondary N) is 2. The molecule has 0 saturated heterocycles. The Labute approximate surface area is 188 Å². The van der Waals surface area contributed by atoms with Crippen LogP contribution in [0.1, 0.15) is 35.4 Å². The van der Waals surface area contributed by atoms with Crippen LogP contribution in [0.2, 0.25) is 0 Å². The molecular formula is C26H20N2O3S. The molecule has 0 radical (unpaired) electrons. The minimum atomic E-state index is -0.546. The Morgan fingerprint density at radius 1 is 0.906 bits per heavy atom. The molecule has 2 aliphatic rings. The fourth-order valence-electron chi connectivity index (χ4n) is 4.70. The first kappa shape index (κ1) is 19.1. The number of Topliss-reactive ketones (excluding diaryl/α,β-unsaturated/α-hetero) is 1. The van der Waals surface area contributed by atoms with Crippen molar-refractivity contribution < 1.29 is 9.21 Å². The predicted molar refractivity (Wildman–Crippen MR) is 127 cm³/mol. The van der Waals surface area contributed by atoms with Crippen LogP contribution in [0.15, 0.2) is 92.6 Å². The van der Waals surface area contributed by atoms with Crippen molar-refractivity contribution in [3.63, 3.8) is 0 Å². The number of allylic oxidation sites excluding steroid dienone is 1. The molecule has 32 heavy (non-hydrogen) atoms. The number of fused-ring (bicyclic) bond motifs is 2. The SMILES string of the molecule is O=C1CC(c2cccs2)CC2=C1C(c1cc(=O)c3ccccc3o1)Nc1ccccc1N2. The van der Waals surface area contributed by atoms with Crippen LogP contribution in [0.3, 0.4) is 0 Å². The maximum atomic E-state index is 13.5. The Hall–Kier alpha value is -3.64. The van der Waals surface area contributed by atoms with Crippen LogP contribution in [0.4, 0.5) is 11.4 Å². The number of benzene rings is 2. The zero-order valence-corrected chi connectivity index (χ0v) is 17.9. The standard InChI is InChI=1S/C26H20N2O3S/c29-20-14-23(31-22-9-4-1-6-16(20)22)26-25-19(27-17-7-2-3-8-18(17)28-26)12-15(13-21(25)30)24-10-5-11-32-24/h1-11,14-15,26-28H,12-13H2. The molecule has 2 atom stereocenters. The second kappa shape index (κ2) is 7.50. The highest BCUT2D eigenvalue weighted by molar-refractivity contribution is 7.10. The average molecular weight is 441 g/mol. The van der Waals surface area contributed by atoms with E-state index in [1.54, 1.807) is 23.5 Å². The smallest absolute Gasteiger partial charge is 0.193 e. The van der Waals surface area contributed by atoms with Gasteiger partial charge in [0.05, 0.1) is 16.8 Å². The van der Waals surface area contributed by atoms with Crippen molar-refractivity contribution in [2.24, 2.45) is 0 Å². The quantitative estimate of drug-likeness (QED) is 0.410. The van der Waals surface area contributed by atoms with E-state index in [2.05, 4.69) is 16.7 Å². The number of para-hydroxylation sites is 3. The van der Waals surface area contributed by atoms with Crippen LogP contribution in [0, 0.1) is 0 Å². The fraction of sp³-hybridized carbons (Fsp3) is 0.154. The van der Waals surface area contributed by atoms with Crippen LogP contribution in [0.5, 0.6) is 0 Å². The summed E-state index contributed by atoms with van der Waals surface area (Å²) in [5.74, 6) is 0.657. The molecule has 2 unspecified atom stereocenters. The largest absolute Gasteiger partial charge is 0.458 e. The van der Waals surface area contributed by atoms with Gasteiger partial charge >= 0.3 is 0 Å². The van der Waals surface area contributed by atoms with Crippen molar-refractivity contribution in [3.05, 3.63) is 104 Å². The topological polar surface area (TPSA) is 71.3 Å². The Kier molecular flexibility index (Phi) is 4.47. The number of ketones is 1. The molecule has 0 spiro atoms. The van der Waals surface area contributed by atoms with E-state index < -0.39 is 6.04 Å². The summed E-state index contributed by atoms with van der Waals surface area (Å²) in [6.07, 6.45) is 1.17. The summed E-state index contributed by atoms with van der Waals surface area (Å²) >= 11 is 1.68. The first-order chi connectivity index (χ1) is 15.7. The molecule has 2 aromatic heterocycles. The van der Waals surface area contributed by atoms with Gasteiger partial charge in [0.15, 0.2) is 11.2 Å². The molecular weight excluding hydrogens is 420 g/mol. The van der Waals surface area contributed by atoms with Gasteiger partial charge in [-0.15, -0.1) is 11.3 Å². The van der Waals surface area contributed by atoms with Crippen LogP contribution >= 0.6 is 11.3 Å². The molecule has 6 rings (SSSR count). The third-order valence-corrected chi connectivity index (χ3v) is 7.23. The molecule has 6 heteroatoms. The fourth-order valence-corrected chi connectivity index (χ4v) is 5.53. The summed E-state index contributed by atoms with van der Waals surface area (Å²) in [5.41, 5.74) is 3.71. The number of anilines is 2. The lowest BCUT2D eigenvalue weighted by Crippen LogP contribution is -2.27. The predicted octanol–water partition coefficient (Wildman–Crippen LogP) is 5.83. The third-order valence-electron chi connectivity index (χ3n) is 6.19. The Morgan fingerprint density at radius 2 is 1.72 bits per heavy atom. The number of hydrogen-bond donors (Lipinski definition) is 2. The molecule has 1 aliphatic carbocycles. The van der Waals surface area contributed by atoms with Gasteiger partial charge in [0.2, 0.25) is 0 Å².